The van der Waals surface area contributed by atoms with Crippen molar-refractivity contribution in [1.29, 1.82) is 0 Å². The van der Waals surface area contributed by atoms with Crippen LogP contribution in [-0.4, -0.2) is 7.11 Å². The molecule has 0 spiro atoms. The van der Waals surface area contributed by atoms with Gasteiger partial charge in [-0.1, -0.05) is 36.2 Å². The van der Waals surface area contributed by atoms with Gasteiger partial charge < -0.3 is 10.1 Å². The lowest BCUT2D eigenvalue weighted by Gasteiger charge is -2.20. The van der Waals surface area contributed by atoms with Crippen molar-refractivity contribution < 1.29 is 4.74 Å². The monoisotopic (exact) mass is 387 g/mol. The molecule has 5 heteroatoms. The van der Waals surface area contributed by atoms with Gasteiger partial charge in [-0.3, -0.25) is 0 Å². The Morgan fingerprint density at radius 2 is 1.90 bits per heavy atom. The Labute approximate surface area is 143 Å². The molecule has 0 radical (unpaired) electrons. The van der Waals surface area contributed by atoms with Gasteiger partial charge in [-0.2, -0.15) is 0 Å². The summed E-state index contributed by atoms with van der Waals surface area (Å²) in [6.07, 6.45) is 0.927. The molecule has 1 atom stereocenters. The molecule has 1 N–H and O–H groups in total. The maximum atomic E-state index is 6.10. The second kappa shape index (κ2) is 7.39. The van der Waals surface area contributed by atoms with Gasteiger partial charge in [-0.25, -0.2) is 0 Å². The molecule has 1 unspecified atom stereocenters. The van der Waals surface area contributed by atoms with Gasteiger partial charge in [0.1, 0.15) is 5.75 Å². The maximum Gasteiger partial charge on any atom is 0.135 e. The molecule has 0 fully saturated rings. The molecule has 0 bridgehead atoms. The van der Waals surface area contributed by atoms with E-state index < -0.39 is 0 Å². The highest BCUT2D eigenvalue weighted by molar-refractivity contribution is 9.10. The lowest BCUT2D eigenvalue weighted by atomic mass is 10.0. The van der Waals surface area contributed by atoms with Crippen molar-refractivity contribution in [2.75, 3.05) is 12.4 Å². The summed E-state index contributed by atoms with van der Waals surface area (Å²) in [7, 11) is 1.65. The van der Waals surface area contributed by atoms with Crippen LogP contribution >= 0.6 is 39.1 Å². The zero-order valence-corrected chi connectivity index (χ0v) is 14.9. The Balaban J connectivity index is 2.24. The van der Waals surface area contributed by atoms with E-state index in [0.717, 1.165) is 27.9 Å². The first-order chi connectivity index (χ1) is 10.0. The zero-order chi connectivity index (χ0) is 15.4. The molecule has 0 aliphatic rings. The Morgan fingerprint density at radius 3 is 2.52 bits per heavy atom. The molecule has 0 amide bonds. The lowest BCUT2D eigenvalue weighted by molar-refractivity contribution is 0.412. The first kappa shape index (κ1) is 16.5. The Morgan fingerprint density at radius 1 is 1.14 bits per heavy atom. The van der Waals surface area contributed by atoms with Gasteiger partial charge in [0.25, 0.3) is 0 Å². The highest BCUT2D eigenvalue weighted by Gasteiger charge is 2.12. The molecule has 2 rings (SSSR count). The van der Waals surface area contributed by atoms with E-state index in [1.54, 1.807) is 7.11 Å². The summed E-state index contributed by atoms with van der Waals surface area (Å²) in [5.41, 5.74) is 2.10. The van der Waals surface area contributed by atoms with Crippen LogP contribution in [0.4, 0.5) is 5.69 Å². The second-order valence-electron chi connectivity index (χ2n) is 4.63. The number of benzene rings is 2. The number of rotatable bonds is 5. The lowest BCUT2D eigenvalue weighted by Crippen LogP contribution is -2.09. The molecular formula is C16H16BrCl2NO. The van der Waals surface area contributed by atoms with Crippen LogP contribution in [0.25, 0.3) is 0 Å². The minimum Gasteiger partial charge on any atom is -0.495 e. The number of halogens is 3. The van der Waals surface area contributed by atoms with Crippen LogP contribution < -0.4 is 10.1 Å². The third-order valence-corrected chi connectivity index (χ3v) is 4.64. The number of hydrogen-bond acceptors (Lipinski definition) is 2. The van der Waals surface area contributed by atoms with Crippen molar-refractivity contribution in [1.82, 2.24) is 0 Å². The van der Waals surface area contributed by atoms with Crippen LogP contribution in [0.1, 0.15) is 24.9 Å². The predicted molar refractivity (Wildman–Crippen MR) is 93.8 cm³/mol. The molecule has 0 aliphatic heterocycles. The molecule has 0 heterocycles. The van der Waals surface area contributed by atoms with Gasteiger partial charge in [0, 0.05) is 11.8 Å². The maximum absolute atomic E-state index is 6.10. The minimum absolute atomic E-state index is 0.158. The minimum atomic E-state index is 0.158. The summed E-state index contributed by atoms with van der Waals surface area (Å²) < 4.78 is 6.24. The third-order valence-electron chi connectivity index (χ3n) is 3.25. The summed E-state index contributed by atoms with van der Waals surface area (Å²) in [4.78, 5) is 0. The van der Waals surface area contributed by atoms with Gasteiger partial charge in [-0.05, 0) is 52.2 Å². The van der Waals surface area contributed by atoms with Crippen molar-refractivity contribution in [2.24, 2.45) is 0 Å². The third kappa shape index (κ3) is 4.06. The normalized spacial score (nSPS) is 12.0. The quantitative estimate of drug-likeness (QED) is 0.646. The topological polar surface area (TPSA) is 21.3 Å². The molecule has 2 aromatic rings. The molecule has 112 valence electrons. The highest BCUT2D eigenvalue weighted by Crippen LogP contribution is 2.32. The van der Waals surface area contributed by atoms with Crippen LogP contribution in [0.15, 0.2) is 40.9 Å². The smallest absolute Gasteiger partial charge is 0.135 e. The molecule has 2 aromatic carbocycles. The van der Waals surface area contributed by atoms with Gasteiger partial charge in [0.15, 0.2) is 0 Å². The Kier molecular flexibility index (Phi) is 5.80. The van der Waals surface area contributed by atoms with Crippen molar-refractivity contribution in [3.05, 3.63) is 56.5 Å². The molecule has 0 aliphatic carbocycles. The highest BCUT2D eigenvalue weighted by atomic mass is 79.9. The summed E-state index contributed by atoms with van der Waals surface area (Å²) in [5, 5.41) is 4.63. The van der Waals surface area contributed by atoms with Crippen LogP contribution in [0.5, 0.6) is 5.75 Å². The zero-order valence-electron chi connectivity index (χ0n) is 11.8. The van der Waals surface area contributed by atoms with Crippen LogP contribution in [0.3, 0.4) is 0 Å². The summed E-state index contributed by atoms with van der Waals surface area (Å²) in [5.74, 6) is 0.795. The SMILES string of the molecule is CCC(Nc1ccc(Br)c(OC)c1)c1ccc(Cl)c(Cl)c1. The molecule has 21 heavy (non-hydrogen) atoms. The van der Waals surface area contributed by atoms with Crippen LogP contribution in [0, 0.1) is 0 Å². The predicted octanol–water partition coefficient (Wildman–Crippen LogP) is 6.33. The fourth-order valence-corrected chi connectivity index (χ4v) is 2.82. The Hall–Kier alpha value is -0.900. The fourth-order valence-electron chi connectivity index (χ4n) is 2.10. The van der Waals surface area contributed by atoms with Crippen LogP contribution in [0.2, 0.25) is 10.0 Å². The summed E-state index contributed by atoms with van der Waals surface area (Å²) >= 11 is 15.5. The first-order valence-electron chi connectivity index (χ1n) is 6.60. The number of nitrogens with one attached hydrogen (secondary N) is 1. The van der Waals surface area contributed by atoms with E-state index >= 15 is 0 Å². The largest absolute Gasteiger partial charge is 0.495 e. The van der Waals surface area contributed by atoms with Gasteiger partial charge in [-0.15, -0.1) is 0 Å². The number of hydrogen-bond donors (Lipinski definition) is 1. The standard InChI is InChI=1S/C16H16BrCl2NO/c1-3-15(10-4-7-13(18)14(19)8-10)20-11-5-6-12(17)16(9-11)21-2/h4-9,15,20H,3H2,1-2H3. The van der Waals surface area contributed by atoms with E-state index in [-0.39, 0.29) is 6.04 Å². The van der Waals surface area contributed by atoms with E-state index in [4.69, 9.17) is 27.9 Å². The van der Waals surface area contributed by atoms with Gasteiger partial charge in [0.2, 0.25) is 0 Å². The van der Waals surface area contributed by atoms with Crippen molar-refractivity contribution in [3.63, 3.8) is 0 Å². The summed E-state index contributed by atoms with van der Waals surface area (Å²) in [6, 6.07) is 11.8. The molecule has 2 nitrogen and oxygen atoms in total. The average Bonchev–Trinajstić information content (AvgIpc) is 2.49. The number of anilines is 1. The molecular weight excluding hydrogens is 373 g/mol. The average molecular weight is 389 g/mol. The van der Waals surface area contributed by atoms with Gasteiger partial charge >= 0.3 is 0 Å². The van der Waals surface area contributed by atoms with E-state index in [1.807, 2.05) is 36.4 Å². The molecule has 0 aromatic heterocycles. The van der Waals surface area contributed by atoms with Crippen LogP contribution in [-0.2, 0) is 0 Å². The molecule has 0 saturated carbocycles. The molecule has 0 saturated heterocycles. The number of methoxy groups -OCH3 is 1. The Bertz CT molecular complexity index is 634. The first-order valence-corrected chi connectivity index (χ1v) is 8.15. The van der Waals surface area contributed by atoms with E-state index in [9.17, 15) is 0 Å². The van der Waals surface area contributed by atoms with E-state index in [0.29, 0.717) is 10.0 Å². The van der Waals surface area contributed by atoms with Crippen molar-refractivity contribution in [2.45, 2.75) is 19.4 Å². The fraction of sp³-hybridized carbons (Fsp3) is 0.250. The van der Waals surface area contributed by atoms with Crippen molar-refractivity contribution in [3.8, 4) is 5.75 Å². The number of ether oxygens (including phenoxy) is 1. The summed E-state index contributed by atoms with van der Waals surface area (Å²) in [6.45, 7) is 2.12. The van der Waals surface area contributed by atoms with Crippen molar-refractivity contribution >= 4 is 44.8 Å². The van der Waals surface area contributed by atoms with Gasteiger partial charge in [0.05, 0.1) is 27.7 Å². The van der Waals surface area contributed by atoms with E-state index in [1.165, 1.54) is 0 Å². The van der Waals surface area contributed by atoms with E-state index in [2.05, 4.69) is 28.2 Å². The second-order valence-corrected chi connectivity index (χ2v) is 6.30.